The smallest absolute Gasteiger partial charge is 0.312 e. The van der Waals surface area contributed by atoms with E-state index in [1.165, 1.54) is 25.3 Å². The van der Waals surface area contributed by atoms with Crippen LogP contribution in [0.15, 0.2) is 42.5 Å². The molecule has 2 aromatic carbocycles. The summed E-state index contributed by atoms with van der Waals surface area (Å²) in [6.07, 6.45) is 0.0952. The number of anilines is 2. The maximum atomic E-state index is 12.5. The summed E-state index contributed by atoms with van der Waals surface area (Å²) in [4.78, 5) is 36.9. The molecule has 27 heavy (non-hydrogen) atoms. The van der Waals surface area contributed by atoms with E-state index in [0.29, 0.717) is 0 Å². The van der Waals surface area contributed by atoms with Gasteiger partial charge >= 0.3 is 5.69 Å². The zero-order valence-corrected chi connectivity index (χ0v) is 15.0. The maximum Gasteiger partial charge on any atom is 0.312 e. The molecule has 0 bridgehead atoms. The lowest BCUT2D eigenvalue weighted by Gasteiger charge is -2.17. The number of nitrogens with zero attached hydrogens (tertiary/aromatic N) is 2. The number of hydrogen-bond acceptors (Lipinski definition) is 5. The second kappa shape index (κ2) is 7.45. The van der Waals surface area contributed by atoms with Crippen molar-refractivity contribution in [2.24, 2.45) is 5.92 Å². The van der Waals surface area contributed by atoms with Crippen LogP contribution in [-0.2, 0) is 9.59 Å². The number of aryl methyl sites for hydroxylation is 1. The largest absolute Gasteiger partial charge is 0.490 e. The molecular weight excluding hydrogens is 350 g/mol. The first-order chi connectivity index (χ1) is 12.9. The molecule has 1 N–H and O–H groups in total. The number of benzene rings is 2. The molecule has 0 aromatic heterocycles. The highest BCUT2D eigenvalue weighted by atomic mass is 16.6. The second-order valence-corrected chi connectivity index (χ2v) is 6.37. The van der Waals surface area contributed by atoms with Crippen molar-refractivity contribution in [3.8, 4) is 5.75 Å². The molecule has 1 saturated heterocycles. The molecule has 1 heterocycles. The fourth-order valence-corrected chi connectivity index (χ4v) is 3.01. The molecule has 0 radical (unpaired) electrons. The van der Waals surface area contributed by atoms with Crippen LogP contribution in [0.2, 0.25) is 0 Å². The summed E-state index contributed by atoms with van der Waals surface area (Å²) in [5.74, 6) is -0.892. The van der Waals surface area contributed by atoms with Gasteiger partial charge in [0, 0.05) is 30.4 Å². The number of rotatable bonds is 5. The first kappa shape index (κ1) is 18.4. The van der Waals surface area contributed by atoms with Crippen LogP contribution in [0.1, 0.15) is 12.0 Å². The Morgan fingerprint density at radius 3 is 2.59 bits per heavy atom. The number of ether oxygens (including phenoxy) is 1. The molecule has 1 fully saturated rings. The minimum absolute atomic E-state index is 0.0952. The van der Waals surface area contributed by atoms with E-state index in [9.17, 15) is 19.7 Å². The standard InChI is InChI=1S/C19H19N3O5/c1-12-3-6-15(7-4-12)21-11-13(9-18(21)23)19(24)20-14-5-8-17(27-2)16(10-14)22(25)26/h3-8,10,13H,9,11H2,1-2H3,(H,20,24). The number of amides is 2. The number of carbonyl (C=O) groups is 2. The predicted octanol–water partition coefficient (Wildman–Crippen LogP) is 2.90. The van der Waals surface area contributed by atoms with Crippen molar-refractivity contribution in [1.29, 1.82) is 0 Å². The lowest BCUT2D eigenvalue weighted by atomic mass is 10.1. The highest BCUT2D eigenvalue weighted by Crippen LogP contribution is 2.31. The van der Waals surface area contributed by atoms with E-state index in [1.54, 1.807) is 4.90 Å². The fraction of sp³-hybridized carbons (Fsp3) is 0.263. The van der Waals surface area contributed by atoms with Crippen molar-refractivity contribution in [2.75, 3.05) is 23.9 Å². The molecule has 2 aromatic rings. The highest BCUT2D eigenvalue weighted by Gasteiger charge is 2.35. The molecule has 8 heteroatoms. The Morgan fingerprint density at radius 2 is 1.96 bits per heavy atom. The second-order valence-electron chi connectivity index (χ2n) is 6.37. The zero-order chi connectivity index (χ0) is 19.6. The molecule has 140 valence electrons. The lowest BCUT2D eigenvalue weighted by Crippen LogP contribution is -2.28. The van der Waals surface area contributed by atoms with Crippen LogP contribution in [0.4, 0.5) is 17.1 Å². The Kier molecular flexibility index (Phi) is 5.07. The summed E-state index contributed by atoms with van der Waals surface area (Å²) >= 11 is 0. The highest BCUT2D eigenvalue weighted by molar-refractivity contribution is 6.03. The number of nitro groups is 1. The molecular formula is C19H19N3O5. The van der Waals surface area contributed by atoms with Crippen LogP contribution in [0, 0.1) is 23.0 Å². The van der Waals surface area contributed by atoms with E-state index in [-0.39, 0.29) is 41.9 Å². The predicted molar refractivity (Wildman–Crippen MR) is 99.9 cm³/mol. The lowest BCUT2D eigenvalue weighted by molar-refractivity contribution is -0.385. The SMILES string of the molecule is COc1ccc(NC(=O)C2CC(=O)N(c3ccc(C)cc3)C2)cc1[N+](=O)[O-]. The Hall–Kier alpha value is -3.42. The molecule has 0 aliphatic carbocycles. The van der Waals surface area contributed by atoms with Gasteiger partial charge in [-0.1, -0.05) is 17.7 Å². The van der Waals surface area contributed by atoms with Gasteiger partial charge in [0.2, 0.25) is 11.8 Å². The Bertz CT molecular complexity index is 895. The monoisotopic (exact) mass is 369 g/mol. The van der Waals surface area contributed by atoms with Crippen molar-refractivity contribution in [3.05, 3.63) is 58.1 Å². The summed E-state index contributed by atoms with van der Waals surface area (Å²) in [5.41, 5.74) is 1.88. The van der Waals surface area contributed by atoms with Gasteiger partial charge in [-0.15, -0.1) is 0 Å². The van der Waals surface area contributed by atoms with Crippen molar-refractivity contribution < 1.29 is 19.2 Å². The van der Waals surface area contributed by atoms with Crippen LogP contribution in [0.3, 0.4) is 0 Å². The average Bonchev–Trinajstić information content (AvgIpc) is 3.04. The normalized spacial score (nSPS) is 16.3. The van der Waals surface area contributed by atoms with Crippen LogP contribution < -0.4 is 15.0 Å². The minimum atomic E-state index is -0.577. The van der Waals surface area contributed by atoms with E-state index in [2.05, 4.69) is 5.32 Å². The first-order valence-electron chi connectivity index (χ1n) is 8.39. The average molecular weight is 369 g/mol. The Morgan fingerprint density at radius 1 is 1.26 bits per heavy atom. The van der Waals surface area contributed by atoms with Crippen LogP contribution >= 0.6 is 0 Å². The van der Waals surface area contributed by atoms with Crippen molar-refractivity contribution >= 4 is 28.9 Å². The summed E-state index contributed by atoms with van der Waals surface area (Å²) in [5, 5.41) is 13.8. The third-order valence-corrected chi connectivity index (χ3v) is 4.48. The Labute approximate surface area is 155 Å². The quantitative estimate of drug-likeness (QED) is 0.645. The van der Waals surface area contributed by atoms with Gasteiger partial charge in [0.1, 0.15) is 0 Å². The number of hydrogen-bond donors (Lipinski definition) is 1. The van der Waals surface area contributed by atoms with Gasteiger partial charge in [0.15, 0.2) is 5.75 Å². The van der Waals surface area contributed by atoms with Gasteiger partial charge in [0.25, 0.3) is 0 Å². The van der Waals surface area contributed by atoms with E-state index >= 15 is 0 Å². The van der Waals surface area contributed by atoms with Gasteiger partial charge in [-0.3, -0.25) is 19.7 Å². The zero-order valence-electron chi connectivity index (χ0n) is 15.0. The van der Waals surface area contributed by atoms with Gasteiger partial charge in [-0.2, -0.15) is 0 Å². The van der Waals surface area contributed by atoms with Gasteiger partial charge in [0.05, 0.1) is 18.0 Å². The molecule has 1 aliphatic heterocycles. The van der Waals surface area contributed by atoms with Crippen LogP contribution in [0.5, 0.6) is 5.75 Å². The maximum absolute atomic E-state index is 12.5. The van der Waals surface area contributed by atoms with Gasteiger partial charge in [-0.25, -0.2) is 0 Å². The first-order valence-corrected chi connectivity index (χ1v) is 8.39. The third-order valence-electron chi connectivity index (χ3n) is 4.48. The number of methoxy groups -OCH3 is 1. The topological polar surface area (TPSA) is 102 Å². The molecule has 2 amide bonds. The molecule has 1 unspecified atom stereocenters. The molecule has 3 rings (SSSR count). The van der Waals surface area contributed by atoms with E-state index in [4.69, 9.17) is 4.74 Å². The van der Waals surface area contributed by atoms with Crippen LogP contribution in [0.25, 0.3) is 0 Å². The minimum Gasteiger partial charge on any atom is -0.490 e. The van der Waals surface area contributed by atoms with Crippen molar-refractivity contribution in [2.45, 2.75) is 13.3 Å². The summed E-state index contributed by atoms with van der Waals surface area (Å²) in [6, 6.07) is 11.7. The molecule has 0 saturated carbocycles. The van der Waals surface area contributed by atoms with Gasteiger partial charge in [-0.05, 0) is 31.2 Å². The van der Waals surface area contributed by atoms with E-state index in [0.717, 1.165) is 11.3 Å². The molecule has 1 aliphatic rings. The number of carbonyl (C=O) groups excluding carboxylic acids is 2. The molecule has 1 atom stereocenters. The van der Waals surface area contributed by atoms with Crippen molar-refractivity contribution in [3.63, 3.8) is 0 Å². The molecule has 0 spiro atoms. The fourth-order valence-electron chi connectivity index (χ4n) is 3.01. The van der Waals surface area contributed by atoms with Crippen molar-refractivity contribution in [1.82, 2.24) is 0 Å². The third kappa shape index (κ3) is 3.89. The number of nitrogens with one attached hydrogen (secondary N) is 1. The Balaban J connectivity index is 1.72. The number of nitro benzene ring substituents is 1. The summed E-state index contributed by atoms with van der Waals surface area (Å²) in [7, 11) is 1.34. The molecule has 8 nitrogen and oxygen atoms in total. The van der Waals surface area contributed by atoms with Crippen LogP contribution in [-0.4, -0.2) is 30.4 Å². The van der Waals surface area contributed by atoms with E-state index in [1.807, 2.05) is 31.2 Å². The summed E-state index contributed by atoms with van der Waals surface area (Å²) < 4.78 is 4.95. The van der Waals surface area contributed by atoms with E-state index < -0.39 is 10.8 Å². The summed E-state index contributed by atoms with van der Waals surface area (Å²) in [6.45, 7) is 2.23. The van der Waals surface area contributed by atoms with Gasteiger partial charge < -0.3 is 15.0 Å².